The molecule has 0 amide bonds. The third-order valence-corrected chi connectivity index (χ3v) is 5.63. The summed E-state index contributed by atoms with van der Waals surface area (Å²) in [5.74, 6) is -2.99. The zero-order valence-electron chi connectivity index (χ0n) is 16.6. The molecule has 0 fully saturated rings. The Bertz CT molecular complexity index is 1170. The van der Waals surface area contributed by atoms with Gasteiger partial charge >= 0.3 is 6.18 Å². The SMILES string of the molecule is CC(CC(O)(C(C)n1ccc(=O)c2ccc(F)cc21)C(F)(F)F)c1cc(F)ccc1O. The standard InChI is InChI=1S/C22H20F5NO3/c1-12(17-9-14(23)4-6-19(17)29)11-21(31,22(25,26)27)13(2)28-8-7-20(30)16-5-3-15(24)10-18(16)28/h3-10,12-13,29,31H,11H2,1-2H3. The van der Waals surface area contributed by atoms with Gasteiger partial charge in [0.2, 0.25) is 0 Å². The highest BCUT2D eigenvalue weighted by Crippen LogP contribution is 2.46. The zero-order valence-corrected chi connectivity index (χ0v) is 16.6. The molecule has 0 aliphatic carbocycles. The van der Waals surface area contributed by atoms with Gasteiger partial charge in [-0.2, -0.15) is 13.2 Å². The molecule has 0 saturated carbocycles. The minimum absolute atomic E-state index is 0.00361. The van der Waals surface area contributed by atoms with E-state index >= 15 is 0 Å². The van der Waals surface area contributed by atoms with Crippen LogP contribution in [-0.2, 0) is 0 Å². The number of phenols is 1. The quantitative estimate of drug-likeness (QED) is 0.546. The van der Waals surface area contributed by atoms with Crippen LogP contribution in [0, 0.1) is 11.6 Å². The van der Waals surface area contributed by atoms with E-state index in [4.69, 9.17) is 0 Å². The molecule has 1 aromatic heterocycles. The predicted molar refractivity (Wildman–Crippen MR) is 105 cm³/mol. The van der Waals surface area contributed by atoms with Crippen LogP contribution < -0.4 is 5.43 Å². The Balaban J connectivity index is 2.12. The first-order valence-electron chi connectivity index (χ1n) is 9.43. The Morgan fingerprint density at radius 1 is 1.00 bits per heavy atom. The van der Waals surface area contributed by atoms with Crippen molar-refractivity contribution in [2.75, 3.05) is 0 Å². The van der Waals surface area contributed by atoms with E-state index in [0.29, 0.717) is 0 Å². The second-order valence-corrected chi connectivity index (χ2v) is 7.66. The Labute approximate surface area is 174 Å². The fourth-order valence-electron chi connectivity index (χ4n) is 3.83. The first-order chi connectivity index (χ1) is 14.3. The van der Waals surface area contributed by atoms with Gasteiger partial charge in [-0.25, -0.2) is 8.78 Å². The Morgan fingerprint density at radius 3 is 2.26 bits per heavy atom. The van der Waals surface area contributed by atoms with Crippen molar-refractivity contribution in [1.82, 2.24) is 4.57 Å². The number of fused-ring (bicyclic) bond motifs is 1. The molecule has 2 aromatic carbocycles. The Kier molecular flexibility index (Phi) is 5.84. The average Bonchev–Trinajstić information content (AvgIpc) is 2.68. The minimum atomic E-state index is -5.13. The highest BCUT2D eigenvalue weighted by atomic mass is 19.4. The van der Waals surface area contributed by atoms with Gasteiger partial charge in [0, 0.05) is 17.6 Å². The lowest BCUT2D eigenvalue weighted by Gasteiger charge is -2.39. The van der Waals surface area contributed by atoms with Gasteiger partial charge in [-0.1, -0.05) is 6.92 Å². The van der Waals surface area contributed by atoms with Crippen LogP contribution in [0.15, 0.2) is 53.5 Å². The molecule has 0 aliphatic rings. The number of aliphatic hydroxyl groups is 1. The zero-order chi connectivity index (χ0) is 23.1. The van der Waals surface area contributed by atoms with E-state index in [9.17, 15) is 37.0 Å². The fraction of sp³-hybridized carbons (Fsp3) is 0.318. The van der Waals surface area contributed by atoms with Crippen molar-refractivity contribution in [3.63, 3.8) is 0 Å². The van der Waals surface area contributed by atoms with Gasteiger partial charge in [-0.3, -0.25) is 4.79 Å². The highest BCUT2D eigenvalue weighted by molar-refractivity contribution is 5.79. The van der Waals surface area contributed by atoms with Gasteiger partial charge in [-0.15, -0.1) is 0 Å². The number of aromatic nitrogens is 1. The maximum atomic E-state index is 14.1. The van der Waals surface area contributed by atoms with E-state index in [1.54, 1.807) is 0 Å². The highest BCUT2D eigenvalue weighted by Gasteiger charge is 2.58. The van der Waals surface area contributed by atoms with Gasteiger partial charge in [0.15, 0.2) is 11.0 Å². The number of pyridine rings is 1. The fourth-order valence-corrected chi connectivity index (χ4v) is 3.83. The molecule has 0 spiro atoms. The van der Waals surface area contributed by atoms with Gasteiger partial charge in [0.25, 0.3) is 0 Å². The molecule has 0 aliphatic heterocycles. The molecule has 0 saturated heterocycles. The van der Waals surface area contributed by atoms with Crippen LogP contribution in [0.25, 0.3) is 10.9 Å². The van der Waals surface area contributed by atoms with E-state index in [1.807, 2.05) is 0 Å². The molecule has 3 rings (SSSR count). The van der Waals surface area contributed by atoms with Crippen LogP contribution in [0.4, 0.5) is 22.0 Å². The van der Waals surface area contributed by atoms with Crippen LogP contribution in [0.5, 0.6) is 5.75 Å². The maximum Gasteiger partial charge on any atom is 0.419 e. The number of aromatic hydroxyl groups is 1. The first-order valence-corrected chi connectivity index (χ1v) is 9.43. The van der Waals surface area contributed by atoms with E-state index in [2.05, 4.69) is 0 Å². The van der Waals surface area contributed by atoms with Crippen molar-refractivity contribution in [2.24, 2.45) is 0 Å². The molecule has 2 N–H and O–H groups in total. The molecule has 3 unspecified atom stereocenters. The van der Waals surface area contributed by atoms with Crippen LogP contribution in [0.3, 0.4) is 0 Å². The lowest BCUT2D eigenvalue weighted by atomic mass is 9.81. The lowest BCUT2D eigenvalue weighted by molar-refractivity contribution is -0.278. The molecule has 0 bridgehead atoms. The number of phenolic OH excluding ortho intramolecular Hbond substituents is 1. The number of nitrogens with zero attached hydrogens (tertiary/aromatic N) is 1. The predicted octanol–water partition coefficient (Wildman–Crippen LogP) is 5.03. The van der Waals surface area contributed by atoms with Crippen LogP contribution in [-0.4, -0.2) is 26.6 Å². The first kappa shape index (κ1) is 22.7. The maximum absolute atomic E-state index is 14.1. The average molecular weight is 441 g/mol. The summed E-state index contributed by atoms with van der Waals surface area (Å²) in [5.41, 5.74) is -4.05. The van der Waals surface area contributed by atoms with Crippen molar-refractivity contribution >= 4 is 10.9 Å². The number of alkyl halides is 3. The Morgan fingerprint density at radius 2 is 1.61 bits per heavy atom. The van der Waals surface area contributed by atoms with E-state index < -0.39 is 53.0 Å². The number of benzene rings is 2. The summed E-state index contributed by atoms with van der Waals surface area (Å²) in [5, 5.41) is 20.8. The van der Waals surface area contributed by atoms with Gasteiger partial charge in [0.05, 0.1) is 11.6 Å². The third-order valence-electron chi connectivity index (χ3n) is 5.63. The van der Waals surface area contributed by atoms with Crippen LogP contribution in [0.2, 0.25) is 0 Å². The van der Waals surface area contributed by atoms with E-state index in [1.165, 1.54) is 6.92 Å². The second-order valence-electron chi connectivity index (χ2n) is 7.66. The summed E-state index contributed by atoms with van der Waals surface area (Å²) in [6, 6.07) is 5.35. The molecular weight excluding hydrogens is 421 g/mol. The van der Waals surface area contributed by atoms with Crippen molar-refractivity contribution in [2.45, 2.75) is 44.0 Å². The molecule has 3 aromatic rings. The third kappa shape index (κ3) is 4.14. The molecule has 31 heavy (non-hydrogen) atoms. The van der Waals surface area contributed by atoms with Crippen molar-refractivity contribution < 1.29 is 32.2 Å². The monoisotopic (exact) mass is 441 g/mol. The summed E-state index contributed by atoms with van der Waals surface area (Å²) in [6.07, 6.45) is -4.99. The van der Waals surface area contributed by atoms with Crippen molar-refractivity contribution in [1.29, 1.82) is 0 Å². The summed E-state index contributed by atoms with van der Waals surface area (Å²) in [4.78, 5) is 12.1. The normalized spacial score (nSPS) is 16.1. The largest absolute Gasteiger partial charge is 0.508 e. The topological polar surface area (TPSA) is 62.5 Å². The number of rotatable bonds is 5. The summed E-state index contributed by atoms with van der Waals surface area (Å²) < 4.78 is 70.7. The summed E-state index contributed by atoms with van der Waals surface area (Å²) in [6.45, 7) is 2.42. The molecule has 0 radical (unpaired) electrons. The van der Waals surface area contributed by atoms with Crippen molar-refractivity contribution in [3.05, 3.63) is 76.1 Å². The summed E-state index contributed by atoms with van der Waals surface area (Å²) >= 11 is 0. The molecule has 9 heteroatoms. The second kappa shape index (κ2) is 7.96. The van der Waals surface area contributed by atoms with Crippen LogP contribution in [0.1, 0.15) is 37.8 Å². The lowest BCUT2D eigenvalue weighted by Crippen LogP contribution is -2.52. The number of hydrogen-bond donors (Lipinski definition) is 2. The van der Waals surface area contributed by atoms with Gasteiger partial charge in [0.1, 0.15) is 17.4 Å². The number of halogens is 5. The van der Waals surface area contributed by atoms with Crippen LogP contribution >= 0.6 is 0 Å². The van der Waals surface area contributed by atoms with Gasteiger partial charge in [-0.05, 0) is 61.2 Å². The molecule has 1 heterocycles. The minimum Gasteiger partial charge on any atom is -0.508 e. The summed E-state index contributed by atoms with van der Waals surface area (Å²) in [7, 11) is 0. The number of hydrogen-bond acceptors (Lipinski definition) is 3. The van der Waals surface area contributed by atoms with Crippen molar-refractivity contribution in [3.8, 4) is 5.75 Å². The molecule has 4 nitrogen and oxygen atoms in total. The smallest absolute Gasteiger partial charge is 0.419 e. The molecule has 3 atom stereocenters. The van der Waals surface area contributed by atoms with Gasteiger partial charge < -0.3 is 14.8 Å². The molecular formula is C22H20F5NO3. The molecule has 166 valence electrons. The Hall–Kier alpha value is -2.94. The van der Waals surface area contributed by atoms with E-state index in [-0.39, 0.29) is 16.5 Å². The van der Waals surface area contributed by atoms with E-state index in [0.717, 1.165) is 60.2 Å².